The van der Waals surface area contributed by atoms with Gasteiger partial charge in [-0.3, -0.25) is 0 Å². The van der Waals surface area contributed by atoms with Crippen molar-refractivity contribution in [2.24, 2.45) is 9.75 Å². The first-order valence-corrected chi connectivity index (χ1v) is 2.84. The van der Waals surface area contributed by atoms with Gasteiger partial charge in [0.15, 0.2) is 0 Å². The van der Waals surface area contributed by atoms with Crippen LogP contribution in [0.5, 0.6) is 0 Å². The predicted molar refractivity (Wildman–Crippen MR) is 36.8 cm³/mol. The molecule has 0 amide bonds. The first kappa shape index (κ1) is 6.23. The summed E-state index contributed by atoms with van der Waals surface area (Å²) in [7, 11) is 0. The highest BCUT2D eigenvalue weighted by Crippen LogP contribution is 2.09. The fourth-order valence-electron chi connectivity index (χ4n) is 0.538. The maximum atomic E-state index is 4.99. The fourth-order valence-corrected chi connectivity index (χ4v) is 0.626. The predicted octanol–water partition coefficient (Wildman–Crippen LogP) is 2.92. The zero-order chi connectivity index (χ0) is 6.53. The molecule has 0 aliphatic carbocycles. The van der Waals surface area contributed by atoms with Gasteiger partial charge in [0.25, 0.3) is 0 Å². The van der Waals surface area contributed by atoms with Crippen LogP contribution in [0.15, 0.2) is 40.1 Å². The fraction of sp³-hybridized carbons (Fsp3) is 0. The van der Waals surface area contributed by atoms with Crippen LogP contribution in [-0.4, -0.2) is 0 Å². The molecule has 1 rings (SSSR count). The van der Waals surface area contributed by atoms with E-state index in [0.717, 1.165) is 5.69 Å². The van der Waals surface area contributed by atoms with E-state index in [9.17, 15) is 0 Å². The van der Waals surface area contributed by atoms with Gasteiger partial charge in [-0.15, -0.1) is 5.11 Å². The molecule has 0 unspecified atom stereocenters. The van der Waals surface area contributed by atoms with Crippen LogP contribution < -0.4 is 0 Å². The molecule has 0 heterocycles. The van der Waals surface area contributed by atoms with Gasteiger partial charge in [0.05, 0.1) is 17.5 Å². The highest BCUT2D eigenvalue weighted by Gasteiger charge is 1.80. The third kappa shape index (κ3) is 1.82. The molecule has 9 heavy (non-hydrogen) atoms. The smallest absolute Gasteiger partial charge is 0.0868 e. The van der Waals surface area contributed by atoms with Crippen molar-refractivity contribution in [1.82, 2.24) is 0 Å². The van der Waals surface area contributed by atoms with Crippen molar-refractivity contribution >= 4 is 17.5 Å². The van der Waals surface area contributed by atoms with Crippen LogP contribution in [-0.2, 0) is 0 Å². The quantitative estimate of drug-likeness (QED) is 0.536. The molecule has 3 heteroatoms. The number of benzene rings is 1. The average Bonchev–Trinajstić information content (AvgIpc) is 1.91. The first-order valence-electron chi connectivity index (χ1n) is 2.50. The second-order valence-corrected chi connectivity index (χ2v) is 1.66. The second kappa shape index (κ2) is 3.20. The minimum absolute atomic E-state index is 0.771. The third-order valence-corrected chi connectivity index (χ3v) is 0.985. The Bertz CT molecular complexity index is 195. The Morgan fingerprint density at radius 1 is 1.11 bits per heavy atom. The van der Waals surface area contributed by atoms with Gasteiger partial charge in [0.2, 0.25) is 0 Å². The summed E-state index contributed by atoms with van der Waals surface area (Å²) in [5.74, 6) is 0. The normalized spacial score (nSPS) is 10.3. The second-order valence-electron chi connectivity index (χ2n) is 1.51. The van der Waals surface area contributed by atoms with Gasteiger partial charge in [-0.25, -0.2) is 0 Å². The Morgan fingerprint density at radius 3 is 2.33 bits per heavy atom. The molecule has 0 aliphatic heterocycles. The zero-order valence-corrected chi connectivity index (χ0v) is 5.42. The molecule has 0 bridgehead atoms. The maximum Gasteiger partial charge on any atom is 0.0868 e. The molecule has 0 N–H and O–H groups in total. The summed E-state index contributed by atoms with van der Waals surface area (Å²) >= 11 is 4.99. The van der Waals surface area contributed by atoms with Crippen LogP contribution in [0.1, 0.15) is 0 Å². The number of rotatable bonds is 1. The van der Waals surface area contributed by atoms with Gasteiger partial charge in [-0.05, 0) is 12.1 Å². The molecule has 0 saturated carbocycles. The van der Waals surface area contributed by atoms with E-state index in [1.807, 2.05) is 30.3 Å². The van der Waals surface area contributed by atoms with Crippen LogP contribution in [0.3, 0.4) is 0 Å². The molecule has 0 spiro atoms. The molecule has 2 nitrogen and oxygen atoms in total. The molecule has 0 aromatic heterocycles. The molecule has 0 fully saturated rings. The lowest BCUT2D eigenvalue weighted by atomic mass is 10.3. The molecule has 0 radical (unpaired) electrons. The summed E-state index contributed by atoms with van der Waals surface area (Å²) in [5, 5.41) is 3.60. The standard InChI is InChI=1S/C6H5ClN2/c7-9-8-6-4-2-1-3-5-6/h1-5H/b9-8-. The summed E-state index contributed by atoms with van der Waals surface area (Å²) in [5.41, 5.74) is 0.771. The van der Waals surface area contributed by atoms with Gasteiger partial charge in [0.1, 0.15) is 0 Å². The number of hydrogen-bond donors (Lipinski definition) is 0. The molecule has 1 aromatic rings. The van der Waals surface area contributed by atoms with Gasteiger partial charge in [0, 0.05) is 0 Å². The lowest BCUT2D eigenvalue weighted by Crippen LogP contribution is -1.57. The SMILES string of the molecule is Cl/N=N\c1ccccc1. The summed E-state index contributed by atoms with van der Waals surface area (Å²) in [4.78, 5) is 0. The van der Waals surface area contributed by atoms with E-state index in [0.29, 0.717) is 0 Å². The van der Waals surface area contributed by atoms with Crippen LogP contribution >= 0.6 is 11.8 Å². The molecule has 0 atom stereocenters. The first-order chi connectivity index (χ1) is 4.43. The maximum absolute atomic E-state index is 4.99. The Kier molecular flexibility index (Phi) is 2.22. The summed E-state index contributed by atoms with van der Waals surface area (Å²) in [6.45, 7) is 0. The van der Waals surface area contributed by atoms with E-state index < -0.39 is 0 Å². The minimum Gasteiger partial charge on any atom is -0.138 e. The molecule has 1 aromatic carbocycles. The van der Waals surface area contributed by atoms with E-state index in [2.05, 4.69) is 9.75 Å². The lowest BCUT2D eigenvalue weighted by Gasteiger charge is -1.84. The summed E-state index contributed by atoms with van der Waals surface area (Å²) in [6, 6.07) is 9.31. The third-order valence-electron chi connectivity index (χ3n) is 0.909. The summed E-state index contributed by atoms with van der Waals surface area (Å²) in [6.07, 6.45) is 0. The van der Waals surface area contributed by atoms with Crippen LogP contribution in [0, 0.1) is 0 Å². The van der Waals surface area contributed by atoms with Crippen molar-refractivity contribution in [3.63, 3.8) is 0 Å². The van der Waals surface area contributed by atoms with Crippen molar-refractivity contribution in [1.29, 1.82) is 0 Å². The van der Waals surface area contributed by atoms with E-state index in [-0.39, 0.29) is 0 Å². The van der Waals surface area contributed by atoms with Crippen molar-refractivity contribution < 1.29 is 0 Å². The van der Waals surface area contributed by atoms with Gasteiger partial charge in [-0.1, -0.05) is 22.8 Å². The highest BCUT2D eigenvalue weighted by molar-refractivity contribution is 6.14. The Morgan fingerprint density at radius 2 is 1.78 bits per heavy atom. The molecule has 46 valence electrons. The number of halogens is 1. The van der Waals surface area contributed by atoms with Crippen LogP contribution in [0.2, 0.25) is 0 Å². The highest BCUT2D eigenvalue weighted by atomic mass is 35.5. The van der Waals surface area contributed by atoms with E-state index >= 15 is 0 Å². The Hall–Kier alpha value is -0.890. The van der Waals surface area contributed by atoms with Gasteiger partial charge < -0.3 is 0 Å². The Balaban J connectivity index is 2.85. The van der Waals surface area contributed by atoms with Gasteiger partial charge >= 0.3 is 0 Å². The Labute approximate surface area is 58.3 Å². The van der Waals surface area contributed by atoms with Crippen molar-refractivity contribution in [3.8, 4) is 0 Å². The largest absolute Gasteiger partial charge is 0.138 e. The molecule has 0 saturated heterocycles. The number of hydrogen-bond acceptors (Lipinski definition) is 2. The molecular weight excluding hydrogens is 136 g/mol. The van der Waals surface area contributed by atoms with E-state index in [1.54, 1.807) is 0 Å². The van der Waals surface area contributed by atoms with E-state index in [1.165, 1.54) is 0 Å². The van der Waals surface area contributed by atoms with Gasteiger partial charge in [-0.2, -0.15) is 0 Å². The molecular formula is C6H5ClN2. The van der Waals surface area contributed by atoms with Crippen LogP contribution in [0.4, 0.5) is 5.69 Å². The lowest BCUT2D eigenvalue weighted by molar-refractivity contribution is 1.33. The van der Waals surface area contributed by atoms with Crippen molar-refractivity contribution in [2.45, 2.75) is 0 Å². The monoisotopic (exact) mass is 140 g/mol. The van der Waals surface area contributed by atoms with Crippen molar-refractivity contribution in [3.05, 3.63) is 30.3 Å². The zero-order valence-electron chi connectivity index (χ0n) is 4.66. The summed E-state index contributed by atoms with van der Waals surface area (Å²) < 4.78 is 3.10. The number of nitrogens with zero attached hydrogens (tertiary/aromatic N) is 2. The minimum atomic E-state index is 0.771. The molecule has 0 aliphatic rings. The average molecular weight is 141 g/mol. The van der Waals surface area contributed by atoms with Crippen molar-refractivity contribution in [2.75, 3.05) is 0 Å². The van der Waals surface area contributed by atoms with Crippen LogP contribution in [0.25, 0.3) is 0 Å². The topological polar surface area (TPSA) is 24.7 Å². The van der Waals surface area contributed by atoms with E-state index in [4.69, 9.17) is 11.8 Å².